The van der Waals surface area contributed by atoms with Crippen LogP contribution in [0.25, 0.3) is 0 Å². The van der Waals surface area contributed by atoms with Gasteiger partial charge in [-0.15, -0.1) is 10.2 Å². The summed E-state index contributed by atoms with van der Waals surface area (Å²) in [5.41, 5.74) is -0.133. The van der Waals surface area contributed by atoms with E-state index in [-0.39, 0.29) is 18.7 Å². The summed E-state index contributed by atoms with van der Waals surface area (Å²) in [7, 11) is 1.00. The highest BCUT2D eigenvalue weighted by molar-refractivity contribution is 9.10. The number of aliphatic hydroxyl groups excluding tert-OH is 1. The Kier molecular flexibility index (Phi) is 9.14. The lowest BCUT2D eigenvalue weighted by Gasteiger charge is -2.35. The van der Waals surface area contributed by atoms with Crippen molar-refractivity contribution in [2.45, 2.75) is 39.0 Å². The maximum absolute atomic E-state index is 13.6. The third kappa shape index (κ3) is 5.50. The van der Waals surface area contributed by atoms with Crippen molar-refractivity contribution in [2.75, 3.05) is 13.7 Å². The molecular weight excluding hydrogens is 467 g/mol. The van der Waals surface area contributed by atoms with Gasteiger partial charge in [-0.1, -0.05) is 41.9 Å². The quantitative estimate of drug-likeness (QED) is 0.653. The Balaban J connectivity index is 0.000000989. The Morgan fingerprint density at radius 1 is 1.07 bits per heavy atom. The molecule has 1 unspecified atom stereocenters. The molecule has 1 aliphatic rings. The van der Waals surface area contributed by atoms with Gasteiger partial charge in [-0.25, -0.2) is 8.78 Å². The van der Waals surface area contributed by atoms with E-state index in [0.717, 1.165) is 11.7 Å². The first kappa shape index (κ1) is 25.0. The number of hydrogen-bond acceptors (Lipinski definition) is 4. The van der Waals surface area contributed by atoms with E-state index >= 15 is 0 Å². The molecule has 2 aromatic rings. The van der Waals surface area contributed by atoms with Crippen LogP contribution in [0.3, 0.4) is 0 Å². The van der Waals surface area contributed by atoms with Crippen LogP contribution in [0, 0.1) is 0 Å². The number of benzene rings is 1. The van der Waals surface area contributed by atoms with E-state index in [9.17, 15) is 26.7 Å². The zero-order valence-electron chi connectivity index (χ0n) is 15.8. The molecular formula is C17H20BrF5N4O2. The molecule has 1 N–H and O–H groups in total. The van der Waals surface area contributed by atoms with Crippen molar-refractivity contribution < 1.29 is 31.9 Å². The predicted molar refractivity (Wildman–Crippen MR) is 98.4 cm³/mol. The van der Waals surface area contributed by atoms with E-state index < -0.39 is 36.2 Å². The van der Waals surface area contributed by atoms with Crippen LogP contribution in [0.5, 0.6) is 0 Å². The number of nitrogens with zero attached hydrogens (tertiary/aromatic N) is 4. The summed E-state index contributed by atoms with van der Waals surface area (Å²) in [6.45, 7) is 3.38. The summed E-state index contributed by atoms with van der Waals surface area (Å²) in [5, 5.41) is 13.6. The Bertz CT molecular complexity index is 796. The second kappa shape index (κ2) is 10.6. The Morgan fingerprint density at radius 3 is 2.10 bits per heavy atom. The van der Waals surface area contributed by atoms with Gasteiger partial charge in [0.2, 0.25) is 11.6 Å². The van der Waals surface area contributed by atoms with Gasteiger partial charge < -0.3 is 14.6 Å². The maximum atomic E-state index is 13.6. The normalized spacial score (nSPS) is 14.4. The molecule has 12 heteroatoms. The van der Waals surface area contributed by atoms with E-state index in [1.54, 1.807) is 0 Å². The SMILES string of the molecule is CC.CO.O=C1c2nnc(C(F)F)n2CCN1C(c1ccc(Br)cc1)C(F)(F)F. The average Bonchev–Trinajstić information content (AvgIpc) is 3.13. The monoisotopic (exact) mass is 486 g/mol. The molecule has 29 heavy (non-hydrogen) atoms. The molecule has 3 rings (SSSR count). The minimum Gasteiger partial charge on any atom is -0.400 e. The molecule has 1 aromatic heterocycles. The summed E-state index contributed by atoms with van der Waals surface area (Å²) in [4.78, 5) is 13.0. The maximum Gasteiger partial charge on any atom is 0.413 e. The lowest BCUT2D eigenvalue weighted by atomic mass is 10.0. The topological polar surface area (TPSA) is 71.2 Å². The van der Waals surface area contributed by atoms with Gasteiger partial charge in [-0.05, 0) is 17.7 Å². The van der Waals surface area contributed by atoms with Crippen molar-refractivity contribution in [1.82, 2.24) is 19.7 Å². The first-order valence-electron chi connectivity index (χ1n) is 8.49. The van der Waals surface area contributed by atoms with Gasteiger partial charge in [-0.2, -0.15) is 13.2 Å². The van der Waals surface area contributed by atoms with Crippen molar-refractivity contribution in [3.63, 3.8) is 0 Å². The summed E-state index contributed by atoms with van der Waals surface area (Å²) >= 11 is 3.14. The molecule has 0 saturated heterocycles. The second-order valence-corrected chi connectivity index (χ2v) is 6.24. The third-order valence-electron chi connectivity index (χ3n) is 3.80. The predicted octanol–water partition coefficient (Wildman–Crippen LogP) is 4.37. The highest BCUT2D eigenvalue weighted by Gasteiger charge is 2.48. The Morgan fingerprint density at radius 2 is 1.62 bits per heavy atom. The molecule has 0 saturated carbocycles. The number of fused-ring (bicyclic) bond motifs is 1. The van der Waals surface area contributed by atoms with Crippen molar-refractivity contribution in [1.29, 1.82) is 0 Å². The van der Waals surface area contributed by atoms with Crippen LogP contribution in [0.2, 0.25) is 0 Å². The fraction of sp³-hybridized carbons (Fsp3) is 0.471. The summed E-state index contributed by atoms with van der Waals surface area (Å²) in [6.07, 6.45) is -7.71. The molecule has 0 fully saturated rings. The smallest absolute Gasteiger partial charge is 0.400 e. The van der Waals surface area contributed by atoms with Gasteiger partial charge in [0.15, 0.2) is 6.04 Å². The van der Waals surface area contributed by atoms with Crippen LogP contribution >= 0.6 is 15.9 Å². The first-order chi connectivity index (χ1) is 13.7. The number of carbonyl (C=O) groups is 1. The minimum atomic E-state index is -4.74. The summed E-state index contributed by atoms with van der Waals surface area (Å²) < 4.78 is 67.9. The molecule has 1 aromatic carbocycles. The highest BCUT2D eigenvalue weighted by atomic mass is 79.9. The molecule has 0 aliphatic carbocycles. The van der Waals surface area contributed by atoms with Crippen molar-refractivity contribution in [3.05, 3.63) is 46.0 Å². The lowest BCUT2D eigenvalue weighted by molar-refractivity contribution is -0.180. The van der Waals surface area contributed by atoms with Crippen LogP contribution in [0.1, 0.15) is 48.3 Å². The van der Waals surface area contributed by atoms with Crippen LogP contribution in [-0.2, 0) is 6.54 Å². The van der Waals surface area contributed by atoms with Gasteiger partial charge in [0.25, 0.3) is 12.3 Å². The second-order valence-electron chi connectivity index (χ2n) is 5.33. The zero-order valence-corrected chi connectivity index (χ0v) is 17.4. The van der Waals surface area contributed by atoms with Gasteiger partial charge in [0.05, 0.1) is 0 Å². The molecule has 1 atom stereocenters. The van der Waals surface area contributed by atoms with Gasteiger partial charge in [0.1, 0.15) is 0 Å². The third-order valence-corrected chi connectivity index (χ3v) is 4.33. The molecule has 0 radical (unpaired) electrons. The van der Waals surface area contributed by atoms with E-state index in [2.05, 4.69) is 26.1 Å². The molecule has 1 amide bonds. The van der Waals surface area contributed by atoms with Gasteiger partial charge in [0, 0.05) is 24.7 Å². The number of amides is 1. The van der Waals surface area contributed by atoms with E-state index in [1.807, 2.05) is 13.8 Å². The highest BCUT2D eigenvalue weighted by Crippen LogP contribution is 2.39. The Hall–Kier alpha value is -2.08. The molecule has 162 valence electrons. The summed E-state index contributed by atoms with van der Waals surface area (Å²) in [5.74, 6) is -2.33. The number of carbonyl (C=O) groups excluding carboxylic acids is 1. The number of rotatable bonds is 3. The Labute approximate surface area is 172 Å². The number of aromatic nitrogens is 3. The largest absolute Gasteiger partial charge is 0.413 e. The summed E-state index contributed by atoms with van der Waals surface area (Å²) in [6, 6.07) is 3.16. The van der Waals surface area contributed by atoms with Crippen LogP contribution in [0.4, 0.5) is 22.0 Å². The van der Waals surface area contributed by atoms with Gasteiger partial charge >= 0.3 is 6.18 Å². The average molecular weight is 487 g/mol. The number of hydrogen-bond donors (Lipinski definition) is 1. The van der Waals surface area contributed by atoms with Crippen molar-refractivity contribution in [2.24, 2.45) is 0 Å². The van der Waals surface area contributed by atoms with E-state index in [0.29, 0.717) is 9.37 Å². The molecule has 1 aliphatic heterocycles. The minimum absolute atomic E-state index is 0.133. The van der Waals surface area contributed by atoms with Crippen molar-refractivity contribution in [3.8, 4) is 0 Å². The fourth-order valence-corrected chi connectivity index (χ4v) is 2.99. The zero-order chi connectivity index (χ0) is 22.4. The standard InChI is InChI=1S/C14H10BrF5N4O.C2H6.CH4O/c15-8-3-1-7(2-4-8)9(14(18,19)20)23-5-6-24-11(10(16)17)21-22-12(24)13(23)25;2*1-2/h1-4,9-10H,5-6H2;1-2H3;2H,1H3. The molecule has 2 heterocycles. The molecule has 0 bridgehead atoms. The van der Waals surface area contributed by atoms with Crippen molar-refractivity contribution >= 4 is 21.8 Å². The van der Waals surface area contributed by atoms with E-state index in [1.165, 1.54) is 24.3 Å². The number of alkyl halides is 5. The lowest BCUT2D eigenvalue weighted by Crippen LogP contribution is -2.47. The fourth-order valence-electron chi connectivity index (χ4n) is 2.73. The van der Waals surface area contributed by atoms with Crippen LogP contribution in [0.15, 0.2) is 28.7 Å². The number of halogens is 6. The van der Waals surface area contributed by atoms with Crippen LogP contribution < -0.4 is 0 Å². The first-order valence-corrected chi connectivity index (χ1v) is 9.28. The molecule has 6 nitrogen and oxygen atoms in total. The van der Waals surface area contributed by atoms with E-state index in [4.69, 9.17) is 5.11 Å². The number of aliphatic hydroxyl groups is 1. The van der Waals surface area contributed by atoms with Crippen LogP contribution in [-0.4, -0.2) is 50.5 Å². The van der Waals surface area contributed by atoms with Gasteiger partial charge in [-0.3, -0.25) is 4.79 Å². The molecule has 0 spiro atoms.